The minimum Gasteiger partial charge on any atom is -0.387 e. The number of aliphatic hydroxyl groups is 1. The van der Waals surface area contributed by atoms with Crippen LogP contribution in [0, 0.1) is 0 Å². The fourth-order valence-electron chi connectivity index (χ4n) is 1.91. The maximum absolute atomic E-state index is 9.64. The van der Waals surface area contributed by atoms with E-state index >= 15 is 0 Å². The van der Waals surface area contributed by atoms with Gasteiger partial charge in [-0.1, -0.05) is 6.92 Å². The predicted octanol–water partition coefficient (Wildman–Crippen LogP) is 0.935. The van der Waals surface area contributed by atoms with Gasteiger partial charge in [-0.05, 0) is 18.6 Å². The van der Waals surface area contributed by atoms with Gasteiger partial charge in [0.15, 0.2) is 0 Å². The molecular weight excluding hydrogens is 202 g/mol. The van der Waals surface area contributed by atoms with Crippen LogP contribution in [0.25, 0.3) is 0 Å². The van der Waals surface area contributed by atoms with E-state index in [4.69, 9.17) is 0 Å². The Labute approximate surface area is 96.3 Å². The van der Waals surface area contributed by atoms with Crippen LogP contribution >= 0.6 is 0 Å². The van der Waals surface area contributed by atoms with E-state index in [2.05, 4.69) is 15.2 Å². The molecule has 0 aliphatic carbocycles. The van der Waals surface area contributed by atoms with E-state index in [1.807, 2.05) is 25.3 Å². The molecule has 0 bridgehead atoms. The van der Waals surface area contributed by atoms with E-state index in [1.54, 1.807) is 0 Å². The van der Waals surface area contributed by atoms with Crippen molar-refractivity contribution in [3.63, 3.8) is 0 Å². The van der Waals surface area contributed by atoms with Crippen molar-refractivity contribution < 1.29 is 5.11 Å². The highest BCUT2D eigenvalue weighted by Gasteiger charge is 2.11. The van der Waals surface area contributed by atoms with Crippen molar-refractivity contribution in [2.75, 3.05) is 31.1 Å². The van der Waals surface area contributed by atoms with Crippen LogP contribution < -0.4 is 10.2 Å². The molecule has 1 aromatic rings. The molecule has 0 aromatic carbocycles. The number of anilines is 1. The highest BCUT2D eigenvalue weighted by atomic mass is 16.3. The van der Waals surface area contributed by atoms with E-state index < -0.39 is 6.10 Å². The van der Waals surface area contributed by atoms with Crippen molar-refractivity contribution in [1.29, 1.82) is 0 Å². The summed E-state index contributed by atoms with van der Waals surface area (Å²) in [6, 6.07) is 3.97. The minimum atomic E-state index is -0.433. The van der Waals surface area contributed by atoms with Crippen molar-refractivity contribution in [2.45, 2.75) is 19.4 Å². The zero-order valence-corrected chi connectivity index (χ0v) is 9.69. The largest absolute Gasteiger partial charge is 0.387 e. The summed E-state index contributed by atoms with van der Waals surface area (Å²) in [5.41, 5.74) is 1.91. The Morgan fingerprint density at radius 1 is 1.44 bits per heavy atom. The Morgan fingerprint density at radius 2 is 2.19 bits per heavy atom. The molecule has 1 saturated heterocycles. The van der Waals surface area contributed by atoms with Crippen LogP contribution in [-0.2, 0) is 0 Å². The lowest BCUT2D eigenvalue weighted by molar-refractivity contribution is 0.169. The first-order valence-electron chi connectivity index (χ1n) is 5.91. The van der Waals surface area contributed by atoms with E-state index in [1.165, 1.54) is 0 Å². The SMILES string of the molecule is CCC(O)c1ccc(N2CCNCC2)cn1. The summed E-state index contributed by atoms with van der Waals surface area (Å²) >= 11 is 0. The Kier molecular flexibility index (Phi) is 3.74. The normalized spacial score (nSPS) is 18.5. The lowest BCUT2D eigenvalue weighted by Crippen LogP contribution is -2.43. The van der Waals surface area contributed by atoms with E-state index in [9.17, 15) is 5.11 Å². The molecule has 4 nitrogen and oxygen atoms in total. The van der Waals surface area contributed by atoms with E-state index in [0.29, 0.717) is 6.42 Å². The van der Waals surface area contributed by atoms with Crippen molar-refractivity contribution in [1.82, 2.24) is 10.3 Å². The molecule has 1 aliphatic heterocycles. The Morgan fingerprint density at radius 3 is 2.75 bits per heavy atom. The number of rotatable bonds is 3. The third kappa shape index (κ3) is 2.51. The van der Waals surface area contributed by atoms with Gasteiger partial charge >= 0.3 is 0 Å². The second kappa shape index (κ2) is 5.27. The smallest absolute Gasteiger partial charge is 0.0957 e. The van der Waals surface area contributed by atoms with Gasteiger partial charge in [0, 0.05) is 26.2 Å². The predicted molar refractivity (Wildman–Crippen MR) is 64.6 cm³/mol. The average molecular weight is 221 g/mol. The third-order valence-corrected chi connectivity index (χ3v) is 2.98. The fraction of sp³-hybridized carbons (Fsp3) is 0.583. The molecule has 2 heterocycles. The van der Waals surface area contributed by atoms with Gasteiger partial charge < -0.3 is 15.3 Å². The molecule has 1 unspecified atom stereocenters. The molecule has 88 valence electrons. The average Bonchev–Trinajstić information content (AvgIpc) is 2.39. The Balaban J connectivity index is 2.06. The summed E-state index contributed by atoms with van der Waals surface area (Å²) in [5.74, 6) is 0. The van der Waals surface area contributed by atoms with Crippen LogP contribution in [0.5, 0.6) is 0 Å². The third-order valence-electron chi connectivity index (χ3n) is 2.98. The first-order chi connectivity index (χ1) is 7.81. The van der Waals surface area contributed by atoms with E-state index in [-0.39, 0.29) is 0 Å². The van der Waals surface area contributed by atoms with Crippen LogP contribution in [-0.4, -0.2) is 36.3 Å². The summed E-state index contributed by atoms with van der Waals surface area (Å²) in [7, 11) is 0. The molecule has 1 atom stereocenters. The molecule has 2 rings (SSSR count). The van der Waals surface area contributed by atoms with Gasteiger partial charge in [0.1, 0.15) is 0 Å². The number of pyridine rings is 1. The monoisotopic (exact) mass is 221 g/mol. The molecule has 0 spiro atoms. The molecular formula is C12H19N3O. The Bertz CT molecular complexity index is 320. The number of piperazine rings is 1. The lowest BCUT2D eigenvalue weighted by atomic mass is 10.2. The second-order valence-electron chi connectivity index (χ2n) is 4.10. The van der Waals surface area contributed by atoms with Crippen molar-refractivity contribution >= 4 is 5.69 Å². The van der Waals surface area contributed by atoms with E-state index in [0.717, 1.165) is 37.6 Å². The molecule has 2 N–H and O–H groups in total. The Hall–Kier alpha value is -1.13. The number of hydrogen-bond donors (Lipinski definition) is 2. The number of nitrogens with one attached hydrogen (secondary N) is 1. The van der Waals surface area contributed by atoms with Crippen LogP contribution in [0.15, 0.2) is 18.3 Å². The van der Waals surface area contributed by atoms with Crippen LogP contribution in [0.1, 0.15) is 25.1 Å². The van der Waals surface area contributed by atoms with Crippen LogP contribution in [0.4, 0.5) is 5.69 Å². The summed E-state index contributed by atoms with van der Waals surface area (Å²) in [4.78, 5) is 6.62. The van der Waals surface area contributed by atoms with Gasteiger partial charge in [-0.25, -0.2) is 0 Å². The molecule has 16 heavy (non-hydrogen) atoms. The molecule has 1 fully saturated rings. The number of nitrogens with zero attached hydrogens (tertiary/aromatic N) is 2. The molecule has 4 heteroatoms. The quantitative estimate of drug-likeness (QED) is 0.797. The summed E-state index contributed by atoms with van der Waals surface area (Å²) in [5, 5.41) is 13.0. The highest BCUT2D eigenvalue weighted by Crippen LogP contribution is 2.18. The first-order valence-corrected chi connectivity index (χ1v) is 5.91. The molecule has 0 amide bonds. The summed E-state index contributed by atoms with van der Waals surface area (Å²) in [6.07, 6.45) is 2.14. The zero-order valence-electron chi connectivity index (χ0n) is 9.69. The summed E-state index contributed by atoms with van der Waals surface area (Å²) < 4.78 is 0. The number of aliphatic hydroxyl groups excluding tert-OH is 1. The van der Waals surface area contributed by atoms with Gasteiger partial charge in [0.05, 0.1) is 23.7 Å². The number of hydrogen-bond acceptors (Lipinski definition) is 4. The summed E-state index contributed by atoms with van der Waals surface area (Å²) in [6.45, 7) is 6.06. The molecule has 0 radical (unpaired) electrons. The van der Waals surface area contributed by atoms with Gasteiger partial charge in [0.25, 0.3) is 0 Å². The van der Waals surface area contributed by atoms with Crippen LogP contribution in [0.3, 0.4) is 0 Å². The van der Waals surface area contributed by atoms with Crippen LogP contribution in [0.2, 0.25) is 0 Å². The standard InChI is InChI=1S/C12H19N3O/c1-2-12(16)11-4-3-10(9-14-11)15-7-5-13-6-8-15/h3-4,9,12-13,16H,2,5-8H2,1H3. The van der Waals surface area contributed by atoms with Gasteiger partial charge in [-0.3, -0.25) is 4.98 Å². The maximum atomic E-state index is 9.64. The van der Waals surface area contributed by atoms with Gasteiger partial charge in [-0.2, -0.15) is 0 Å². The van der Waals surface area contributed by atoms with Crippen molar-refractivity contribution in [2.24, 2.45) is 0 Å². The topological polar surface area (TPSA) is 48.4 Å². The maximum Gasteiger partial charge on any atom is 0.0957 e. The first kappa shape index (κ1) is 11.4. The zero-order chi connectivity index (χ0) is 11.4. The lowest BCUT2D eigenvalue weighted by Gasteiger charge is -2.29. The molecule has 1 aromatic heterocycles. The molecule has 0 saturated carbocycles. The minimum absolute atomic E-state index is 0.433. The molecule has 1 aliphatic rings. The number of aromatic nitrogens is 1. The highest BCUT2D eigenvalue weighted by molar-refractivity contribution is 5.45. The van der Waals surface area contributed by atoms with Gasteiger partial charge in [-0.15, -0.1) is 0 Å². The second-order valence-corrected chi connectivity index (χ2v) is 4.10. The fourth-order valence-corrected chi connectivity index (χ4v) is 1.91. The van der Waals surface area contributed by atoms with Gasteiger partial charge in [0.2, 0.25) is 0 Å². The van der Waals surface area contributed by atoms with Crippen molar-refractivity contribution in [3.05, 3.63) is 24.0 Å². The van der Waals surface area contributed by atoms with Crippen molar-refractivity contribution in [3.8, 4) is 0 Å².